The first-order valence-corrected chi connectivity index (χ1v) is 6.82. The van der Waals surface area contributed by atoms with Gasteiger partial charge in [-0.2, -0.15) is 11.8 Å². The molecule has 2 nitrogen and oxygen atoms in total. The molecule has 1 saturated carbocycles. The van der Waals surface area contributed by atoms with Crippen LogP contribution in [0, 0.1) is 0 Å². The Labute approximate surface area is 90.8 Å². The fourth-order valence-corrected chi connectivity index (χ4v) is 3.44. The van der Waals surface area contributed by atoms with Crippen LogP contribution in [-0.2, 0) is 0 Å². The molecule has 1 aliphatic heterocycles. The van der Waals surface area contributed by atoms with E-state index in [2.05, 4.69) is 24.0 Å². The molecule has 0 radical (unpaired) electrons. The summed E-state index contributed by atoms with van der Waals surface area (Å²) in [5, 5.41) is 14.2. The van der Waals surface area contributed by atoms with Crippen LogP contribution in [0.2, 0.25) is 0 Å². The number of hydrogen-bond acceptors (Lipinski definition) is 3. The highest BCUT2D eigenvalue weighted by molar-refractivity contribution is 7.99. The van der Waals surface area contributed by atoms with Crippen LogP contribution >= 0.6 is 11.8 Å². The molecule has 0 bridgehead atoms. The van der Waals surface area contributed by atoms with Crippen molar-refractivity contribution in [1.82, 2.24) is 5.32 Å². The van der Waals surface area contributed by atoms with E-state index < -0.39 is 0 Å². The maximum absolute atomic E-state index is 9.96. The molecule has 2 fully saturated rings. The highest BCUT2D eigenvalue weighted by atomic mass is 32.2. The van der Waals surface area contributed by atoms with Crippen molar-refractivity contribution >= 4 is 11.8 Å². The molecule has 2 aliphatic rings. The minimum Gasteiger partial charge on any atom is -0.389 e. The van der Waals surface area contributed by atoms with Crippen LogP contribution in [0.1, 0.15) is 39.0 Å². The molecule has 0 spiro atoms. The molecule has 1 heterocycles. The summed E-state index contributed by atoms with van der Waals surface area (Å²) in [4.78, 5) is 0. The predicted molar refractivity (Wildman–Crippen MR) is 61.7 cm³/mol. The molecule has 2 unspecified atom stereocenters. The van der Waals surface area contributed by atoms with Gasteiger partial charge in [0.2, 0.25) is 0 Å². The minimum absolute atomic E-state index is 0.359. The third kappa shape index (κ3) is 2.44. The fourth-order valence-electron chi connectivity index (χ4n) is 2.27. The van der Waals surface area contributed by atoms with Crippen LogP contribution in [0.3, 0.4) is 0 Å². The van der Waals surface area contributed by atoms with Gasteiger partial charge in [-0.15, -0.1) is 0 Å². The summed E-state index contributed by atoms with van der Waals surface area (Å²) in [6, 6.07) is 0.623. The summed E-state index contributed by atoms with van der Waals surface area (Å²) in [7, 11) is 0. The van der Waals surface area contributed by atoms with Gasteiger partial charge < -0.3 is 10.4 Å². The second-order valence-electron chi connectivity index (χ2n) is 4.78. The Morgan fingerprint density at radius 3 is 2.79 bits per heavy atom. The van der Waals surface area contributed by atoms with Gasteiger partial charge in [0, 0.05) is 17.8 Å². The zero-order valence-electron chi connectivity index (χ0n) is 8.96. The Bertz CT molecular complexity index is 194. The largest absolute Gasteiger partial charge is 0.389 e. The van der Waals surface area contributed by atoms with Crippen molar-refractivity contribution in [2.75, 3.05) is 12.3 Å². The fraction of sp³-hybridized carbons (Fsp3) is 1.00. The molecule has 0 aromatic heterocycles. The first-order chi connectivity index (χ1) is 6.70. The molecule has 1 saturated heterocycles. The molecule has 1 aliphatic carbocycles. The number of thioether (sulfide) groups is 1. The predicted octanol–water partition coefficient (Wildman–Crippen LogP) is 1.78. The van der Waals surface area contributed by atoms with Crippen LogP contribution in [-0.4, -0.2) is 34.3 Å². The maximum Gasteiger partial charge on any atom is 0.0771 e. The van der Waals surface area contributed by atoms with E-state index >= 15 is 0 Å². The second kappa shape index (κ2) is 4.42. The Balaban J connectivity index is 1.73. The third-order valence-corrected chi connectivity index (χ3v) is 4.96. The molecular weight excluding hydrogens is 194 g/mol. The molecule has 2 rings (SSSR count). The average Bonchev–Trinajstić information content (AvgIpc) is 2.14. The number of hydrogen-bond donors (Lipinski definition) is 2. The van der Waals surface area contributed by atoms with Crippen molar-refractivity contribution in [3.05, 3.63) is 0 Å². The Morgan fingerprint density at radius 1 is 1.43 bits per heavy atom. The Morgan fingerprint density at radius 2 is 2.21 bits per heavy atom. The van der Waals surface area contributed by atoms with Gasteiger partial charge in [0.25, 0.3) is 0 Å². The lowest BCUT2D eigenvalue weighted by atomic mass is 9.80. The first-order valence-electron chi connectivity index (χ1n) is 5.77. The van der Waals surface area contributed by atoms with Gasteiger partial charge in [-0.25, -0.2) is 0 Å². The Kier molecular flexibility index (Phi) is 3.40. The lowest BCUT2D eigenvalue weighted by Crippen LogP contribution is -2.51. The zero-order valence-corrected chi connectivity index (χ0v) is 9.78. The highest BCUT2D eigenvalue weighted by Gasteiger charge is 2.35. The zero-order chi connectivity index (χ0) is 10.0. The van der Waals surface area contributed by atoms with E-state index in [0.29, 0.717) is 11.3 Å². The van der Waals surface area contributed by atoms with Gasteiger partial charge in [-0.3, -0.25) is 0 Å². The van der Waals surface area contributed by atoms with Gasteiger partial charge in [0.15, 0.2) is 0 Å². The first kappa shape index (κ1) is 10.8. The van der Waals surface area contributed by atoms with Crippen LogP contribution in [0.25, 0.3) is 0 Å². The molecule has 0 amide bonds. The van der Waals surface area contributed by atoms with Gasteiger partial charge in [-0.05, 0) is 37.9 Å². The SMILES string of the molecule is CC1SCCCC1NCC1(O)CCC1. The summed E-state index contributed by atoms with van der Waals surface area (Å²) in [5.74, 6) is 1.31. The molecule has 2 N–H and O–H groups in total. The van der Waals surface area contributed by atoms with Gasteiger partial charge in [0.05, 0.1) is 5.60 Å². The van der Waals surface area contributed by atoms with Crippen LogP contribution in [0.5, 0.6) is 0 Å². The molecule has 14 heavy (non-hydrogen) atoms. The van der Waals surface area contributed by atoms with E-state index in [9.17, 15) is 5.11 Å². The van der Waals surface area contributed by atoms with Crippen LogP contribution in [0.15, 0.2) is 0 Å². The van der Waals surface area contributed by atoms with E-state index in [4.69, 9.17) is 0 Å². The summed E-state index contributed by atoms with van der Waals surface area (Å²) < 4.78 is 0. The van der Waals surface area contributed by atoms with Crippen molar-refractivity contribution in [3.63, 3.8) is 0 Å². The van der Waals surface area contributed by atoms with Crippen molar-refractivity contribution in [2.45, 2.75) is 55.9 Å². The average molecular weight is 215 g/mol. The van der Waals surface area contributed by atoms with E-state index in [1.54, 1.807) is 0 Å². The van der Waals surface area contributed by atoms with E-state index in [0.717, 1.165) is 19.4 Å². The summed E-state index contributed by atoms with van der Waals surface area (Å²) >= 11 is 2.06. The van der Waals surface area contributed by atoms with E-state index in [-0.39, 0.29) is 5.60 Å². The maximum atomic E-state index is 9.96. The number of rotatable bonds is 3. The van der Waals surface area contributed by atoms with E-state index in [1.807, 2.05) is 0 Å². The standard InChI is InChI=1S/C11H21NOS/c1-9-10(4-2-7-14-9)12-8-11(13)5-3-6-11/h9-10,12-13H,2-8H2,1H3. The quantitative estimate of drug-likeness (QED) is 0.752. The van der Waals surface area contributed by atoms with Gasteiger partial charge in [0.1, 0.15) is 0 Å². The van der Waals surface area contributed by atoms with Crippen molar-refractivity contribution < 1.29 is 5.11 Å². The minimum atomic E-state index is -0.359. The normalized spacial score (nSPS) is 36.4. The summed E-state index contributed by atoms with van der Waals surface area (Å²) in [6.07, 6.45) is 5.80. The molecule has 82 valence electrons. The molecule has 3 heteroatoms. The lowest BCUT2D eigenvalue weighted by molar-refractivity contribution is -0.0333. The van der Waals surface area contributed by atoms with Gasteiger partial charge in [-0.1, -0.05) is 6.92 Å². The highest BCUT2D eigenvalue weighted by Crippen LogP contribution is 2.32. The topological polar surface area (TPSA) is 32.3 Å². The number of nitrogens with one attached hydrogen (secondary N) is 1. The van der Waals surface area contributed by atoms with Gasteiger partial charge >= 0.3 is 0 Å². The van der Waals surface area contributed by atoms with Crippen LogP contribution < -0.4 is 5.32 Å². The van der Waals surface area contributed by atoms with E-state index in [1.165, 1.54) is 25.0 Å². The number of aliphatic hydroxyl groups is 1. The summed E-state index contributed by atoms with van der Waals surface area (Å²) in [5.41, 5.74) is -0.359. The molecule has 2 atom stereocenters. The monoisotopic (exact) mass is 215 g/mol. The van der Waals surface area contributed by atoms with Crippen molar-refractivity contribution in [2.24, 2.45) is 0 Å². The molecular formula is C11H21NOS. The third-order valence-electron chi connectivity index (χ3n) is 3.58. The summed E-state index contributed by atoms with van der Waals surface area (Å²) in [6.45, 7) is 3.11. The van der Waals surface area contributed by atoms with Crippen molar-refractivity contribution in [3.8, 4) is 0 Å². The Hall–Kier alpha value is 0.270. The van der Waals surface area contributed by atoms with Crippen molar-refractivity contribution in [1.29, 1.82) is 0 Å². The smallest absolute Gasteiger partial charge is 0.0771 e. The molecule has 0 aromatic carbocycles. The van der Waals surface area contributed by atoms with Crippen LogP contribution in [0.4, 0.5) is 0 Å². The lowest BCUT2D eigenvalue weighted by Gasteiger charge is -2.39. The second-order valence-corrected chi connectivity index (χ2v) is 6.27. The molecule has 0 aromatic rings.